The molecule has 0 aliphatic carbocycles. The van der Waals surface area contributed by atoms with Gasteiger partial charge in [0, 0.05) is 28.7 Å². The fourth-order valence-electron chi connectivity index (χ4n) is 1.54. The molecule has 2 aromatic rings. The molecule has 116 valence electrons. The first kappa shape index (κ1) is 16.3. The van der Waals surface area contributed by atoms with Gasteiger partial charge in [0.2, 0.25) is 0 Å². The summed E-state index contributed by atoms with van der Waals surface area (Å²) in [4.78, 5) is 31.8. The fourth-order valence-corrected chi connectivity index (χ4v) is 3.07. The van der Waals surface area contributed by atoms with E-state index >= 15 is 0 Å². The van der Waals surface area contributed by atoms with Gasteiger partial charge in [-0.3, -0.25) is 4.79 Å². The monoisotopic (exact) mass is 338 g/mol. The third kappa shape index (κ3) is 4.22. The van der Waals surface area contributed by atoms with Gasteiger partial charge in [0.05, 0.1) is 0 Å². The highest BCUT2D eigenvalue weighted by molar-refractivity contribution is 7.11. The smallest absolute Gasteiger partial charge is 0.333 e. The average Bonchev–Trinajstić information content (AvgIpc) is 3.17. The van der Waals surface area contributed by atoms with Crippen molar-refractivity contribution in [1.82, 2.24) is 9.97 Å². The molecule has 2 aromatic heterocycles. The van der Waals surface area contributed by atoms with E-state index in [2.05, 4.69) is 16.5 Å². The minimum absolute atomic E-state index is 0.0140. The van der Waals surface area contributed by atoms with Gasteiger partial charge in [-0.1, -0.05) is 6.58 Å². The average molecular weight is 338 g/mol. The van der Waals surface area contributed by atoms with Gasteiger partial charge in [-0.25, -0.2) is 14.8 Å². The lowest BCUT2D eigenvalue weighted by Gasteiger charge is -2.11. The predicted molar refractivity (Wildman–Crippen MR) is 82.8 cm³/mol. The first-order valence-electron chi connectivity index (χ1n) is 6.37. The lowest BCUT2D eigenvalue weighted by Crippen LogP contribution is -2.20. The first-order chi connectivity index (χ1) is 10.6. The van der Waals surface area contributed by atoms with E-state index in [-0.39, 0.29) is 13.2 Å². The Kier molecular flexibility index (Phi) is 5.79. The molecule has 8 heteroatoms. The lowest BCUT2D eigenvalue weighted by molar-refractivity contribution is -0.150. The normalized spacial score (nSPS) is 10.5. The maximum Gasteiger partial charge on any atom is 0.333 e. The second kappa shape index (κ2) is 7.81. The maximum atomic E-state index is 12.3. The zero-order chi connectivity index (χ0) is 15.9. The molecular weight excluding hydrogens is 324 g/mol. The zero-order valence-corrected chi connectivity index (χ0v) is 13.5. The number of ether oxygens (including phenoxy) is 2. The van der Waals surface area contributed by atoms with E-state index < -0.39 is 17.9 Å². The number of thiazole rings is 2. The molecule has 0 unspecified atom stereocenters. The number of esters is 2. The Bertz CT molecular complexity index is 604. The number of hydrogen-bond donors (Lipinski definition) is 0. The van der Waals surface area contributed by atoms with Gasteiger partial charge < -0.3 is 9.47 Å². The third-order valence-electron chi connectivity index (χ3n) is 2.54. The van der Waals surface area contributed by atoms with Gasteiger partial charge in [-0.15, -0.1) is 22.7 Å². The van der Waals surface area contributed by atoms with E-state index in [0.29, 0.717) is 15.6 Å². The number of nitrogens with zero attached hydrogens (tertiary/aromatic N) is 2. The van der Waals surface area contributed by atoms with Crippen molar-refractivity contribution in [1.29, 1.82) is 0 Å². The molecule has 22 heavy (non-hydrogen) atoms. The standard InChI is InChI=1S/C14H14N2O4S2/c1-9(2)13(17)19-5-6-20-14(18)10(11-15-3-7-21-11)12-16-4-8-22-12/h3-4,7-8,10H,1,5-6H2,2H3. The van der Waals surface area contributed by atoms with Crippen molar-refractivity contribution in [3.8, 4) is 0 Å². The molecule has 0 saturated carbocycles. The summed E-state index contributed by atoms with van der Waals surface area (Å²) in [6.07, 6.45) is 3.26. The third-order valence-corrected chi connectivity index (χ3v) is 4.22. The van der Waals surface area contributed by atoms with Crippen molar-refractivity contribution in [3.05, 3.63) is 45.3 Å². The van der Waals surface area contributed by atoms with Crippen LogP contribution in [-0.2, 0) is 19.1 Å². The topological polar surface area (TPSA) is 78.4 Å². The van der Waals surface area contributed by atoms with E-state index in [9.17, 15) is 9.59 Å². The van der Waals surface area contributed by atoms with Gasteiger partial charge in [0.15, 0.2) is 5.92 Å². The minimum Gasteiger partial charge on any atom is -0.461 e. The minimum atomic E-state index is -0.642. The molecule has 0 bridgehead atoms. The van der Waals surface area contributed by atoms with Crippen molar-refractivity contribution in [2.75, 3.05) is 13.2 Å². The van der Waals surface area contributed by atoms with Crippen LogP contribution in [-0.4, -0.2) is 35.1 Å². The van der Waals surface area contributed by atoms with Crippen LogP contribution in [0.15, 0.2) is 35.3 Å². The van der Waals surface area contributed by atoms with Gasteiger partial charge >= 0.3 is 11.9 Å². The first-order valence-corrected chi connectivity index (χ1v) is 8.13. The summed E-state index contributed by atoms with van der Waals surface area (Å²) in [5.41, 5.74) is 0.301. The Labute approximate surface area is 135 Å². The predicted octanol–water partition coefficient (Wildman–Crippen LogP) is 2.39. The second-order valence-electron chi connectivity index (χ2n) is 4.26. The summed E-state index contributed by atoms with van der Waals surface area (Å²) < 4.78 is 10.0. The molecular formula is C14H14N2O4S2. The van der Waals surface area contributed by atoms with Crippen LogP contribution in [0.25, 0.3) is 0 Å². The highest BCUT2D eigenvalue weighted by atomic mass is 32.1. The highest BCUT2D eigenvalue weighted by Gasteiger charge is 2.29. The van der Waals surface area contributed by atoms with Crippen molar-refractivity contribution in [2.24, 2.45) is 0 Å². The van der Waals surface area contributed by atoms with Crippen LogP contribution in [0.2, 0.25) is 0 Å². The van der Waals surface area contributed by atoms with Crippen LogP contribution in [0.5, 0.6) is 0 Å². The number of aromatic nitrogens is 2. The van der Waals surface area contributed by atoms with Crippen LogP contribution in [0.1, 0.15) is 22.9 Å². The summed E-state index contributed by atoms with van der Waals surface area (Å²) in [5, 5.41) is 4.83. The van der Waals surface area contributed by atoms with Crippen molar-refractivity contribution >= 4 is 34.6 Å². The molecule has 0 aromatic carbocycles. The van der Waals surface area contributed by atoms with Crippen molar-refractivity contribution in [3.63, 3.8) is 0 Å². The SMILES string of the molecule is C=C(C)C(=O)OCCOC(=O)C(c1nccs1)c1nccs1. The lowest BCUT2D eigenvalue weighted by atomic mass is 10.2. The van der Waals surface area contributed by atoms with Crippen molar-refractivity contribution in [2.45, 2.75) is 12.8 Å². The van der Waals surface area contributed by atoms with Crippen LogP contribution >= 0.6 is 22.7 Å². The number of carbonyl (C=O) groups excluding carboxylic acids is 2. The summed E-state index contributed by atoms with van der Waals surface area (Å²) in [6.45, 7) is 4.98. The zero-order valence-electron chi connectivity index (χ0n) is 11.9. The Morgan fingerprint density at radius 1 is 1.14 bits per heavy atom. The summed E-state index contributed by atoms with van der Waals surface area (Å²) in [6, 6.07) is 0. The molecule has 0 spiro atoms. The van der Waals surface area contributed by atoms with Gasteiger partial charge in [0.1, 0.15) is 23.2 Å². The molecule has 0 radical (unpaired) electrons. The number of hydrogen-bond acceptors (Lipinski definition) is 8. The largest absolute Gasteiger partial charge is 0.461 e. The van der Waals surface area contributed by atoms with Gasteiger partial charge in [0.25, 0.3) is 0 Å². The van der Waals surface area contributed by atoms with Crippen LogP contribution in [0.4, 0.5) is 0 Å². The van der Waals surface area contributed by atoms with Crippen LogP contribution < -0.4 is 0 Å². The Balaban J connectivity index is 1.93. The van der Waals surface area contributed by atoms with E-state index in [1.54, 1.807) is 30.1 Å². The summed E-state index contributed by atoms with van der Waals surface area (Å²) in [7, 11) is 0. The van der Waals surface area contributed by atoms with E-state index in [1.165, 1.54) is 22.7 Å². The van der Waals surface area contributed by atoms with Gasteiger partial charge in [-0.2, -0.15) is 0 Å². The Morgan fingerprint density at radius 2 is 1.68 bits per heavy atom. The molecule has 0 saturated heterocycles. The second-order valence-corrected chi connectivity index (χ2v) is 6.11. The quantitative estimate of drug-likeness (QED) is 0.438. The molecule has 2 heterocycles. The van der Waals surface area contributed by atoms with Crippen LogP contribution in [0.3, 0.4) is 0 Å². The molecule has 0 atom stereocenters. The van der Waals surface area contributed by atoms with Crippen LogP contribution in [0, 0.1) is 0 Å². The maximum absolute atomic E-state index is 12.3. The molecule has 0 amide bonds. The van der Waals surface area contributed by atoms with E-state index in [1.807, 2.05) is 0 Å². The van der Waals surface area contributed by atoms with Crippen molar-refractivity contribution < 1.29 is 19.1 Å². The Hall–Kier alpha value is -2.06. The van der Waals surface area contributed by atoms with Gasteiger partial charge in [-0.05, 0) is 6.92 Å². The molecule has 0 aliphatic rings. The molecule has 0 N–H and O–H groups in total. The Morgan fingerprint density at radius 3 is 2.14 bits per heavy atom. The van der Waals surface area contributed by atoms with E-state index in [0.717, 1.165) is 0 Å². The highest BCUT2D eigenvalue weighted by Crippen LogP contribution is 2.28. The molecule has 0 fully saturated rings. The summed E-state index contributed by atoms with van der Waals surface area (Å²) >= 11 is 2.73. The molecule has 2 rings (SSSR count). The summed E-state index contributed by atoms with van der Waals surface area (Å²) in [5.74, 6) is -1.61. The molecule has 0 aliphatic heterocycles. The molecule has 6 nitrogen and oxygen atoms in total. The van der Waals surface area contributed by atoms with E-state index in [4.69, 9.17) is 9.47 Å². The fraction of sp³-hybridized carbons (Fsp3) is 0.286. The number of carbonyl (C=O) groups is 2. The number of rotatable bonds is 7.